The lowest BCUT2D eigenvalue weighted by Gasteiger charge is -2.24. The predicted octanol–water partition coefficient (Wildman–Crippen LogP) is 0.849. The van der Waals surface area contributed by atoms with Crippen molar-refractivity contribution in [1.82, 2.24) is 5.06 Å². The fraction of sp³-hybridized carbons (Fsp3) is 0.500. The van der Waals surface area contributed by atoms with Gasteiger partial charge in [0.1, 0.15) is 11.8 Å². The monoisotopic (exact) mass is 370 g/mol. The molecule has 2 aliphatic rings. The maximum Gasteiger partial charge on any atom is 0.414 e. The van der Waals surface area contributed by atoms with Crippen molar-refractivity contribution in [3.63, 3.8) is 0 Å². The summed E-state index contributed by atoms with van der Waals surface area (Å²) in [6, 6.07) is 2.18. The molecular weight excluding hydrogens is 350 g/mol. The number of hydroxylamine groups is 2. The number of carbonyl (C=O) groups excluding carboxylic acids is 2. The maximum atomic E-state index is 14.6. The summed E-state index contributed by atoms with van der Waals surface area (Å²) in [5, 5.41) is 1.16. The zero-order chi connectivity index (χ0) is 18.8. The zero-order valence-corrected chi connectivity index (χ0v) is 14.3. The van der Waals surface area contributed by atoms with E-state index in [0.29, 0.717) is 0 Å². The molecule has 2 saturated heterocycles. The Morgan fingerprint density at radius 3 is 2.54 bits per heavy atom. The number of anilines is 2. The summed E-state index contributed by atoms with van der Waals surface area (Å²) in [6.07, 6.45) is -1.19. The molecule has 0 bridgehead atoms. The summed E-state index contributed by atoms with van der Waals surface area (Å²) in [5.74, 6) is -1.88. The van der Waals surface area contributed by atoms with Gasteiger partial charge in [0.2, 0.25) is 5.91 Å². The van der Waals surface area contributed by atoms with E-state index in [0.717, 1.165) is 22.1 Å². The van der Waals surface area contributed by atoms with Crippen LogP contribution < -0.4 is 15.5 Å². The molecule has 1 atom stereocenters. The van der Waals surface area contributed by atoms with E-state index in [1.807, 2.05) is 0 Å². The highest BCUT2D eigenvalue weighted by atomic mass is 19.1. The number of rotatable bonds is 3. The summed E-state index contributed by atoms with van der Waals surface area (Å²) in [5.41, 5.74) is 5.32. The highest BCUT2D eigenvalue weighted by Crippen LogP contribution is 2.31. The molecule has 26 heavy (non-hydrogen) atoms. The Bertz CT molecular complexity index is 694. The van der Waals surface area contributed by atoms with Crippen molar-refractivity contribution in [3.8, 4) is 0 Å². The second-order valence-electron chi connectivity index (χ2n) is 6.05. The van der Waals surface area contributed by atoms with Crippen LogP contribution in [-0.4, -0.2) is 62.5 Å². The molecule has 142 valence electrons. The summed E-state index contributed by atoms with van der Waals surface area (Å²) < 4.78 is 34.3. The first-order valence-electron chi connectivity index (χ1n) is 8.24. The van der Waals surface area contributed by atoms with Gasteiger partial charge in [0.05, 0.1) is 25.4 Å². The molecule has 3 rings (SSSR count). The van der Waals surface area contributed by atoms with Crippen LogP contribution >= 0.6 is 0 Å². The van der Waals surface area contributed by atoms with Crippen molar-refractivity contribution < 1.29 is 27.9 Å². The SMILES string of the molecule is CC(=O)N1CCN(c2c(F)cc(N3C[C@H](CN)OC3=O)cc2F)CCO1. The second kappa shape index (κ2) is 7.42. The van der Waals surface area contributed by atoms with E-state index in [4.69, 9.17) is 15.3 Å². The number of ether oxygens (including phenoxy) is 1. The van der Waals surface area contributed by atoms with Crippen molar-refractivity contribution in [2.45, 2.75) is 13.0 Å². The van der Waals surface area contributed by atoms with Gasteiger partial charge in [-0.15, -0.1) is 0 Å². The number of nitrogens with two attached hydrogens (primary N) is 1. The number of nitrogens with zero attached hydrogens (tertiary/aromatic N) is 3. The average Bonchev–Trinajstić information content (AvgIpc) is 2.80. The van der Waals surface area contributed by atoms with E-state index in [-0.39, 0.29) is 56.6 Å². The summed E-state index contributed by atoms with van der Waals surface area (Å²) in [6.45, 7) is 2.37. The van der Waals surface area contributed by atoms with E-state index in [1.54, 1.807) is 0 Å². The quantitative estimate of drug-likeness (QED) is 0.849. The van der Waals surface area contributed by atoms with Gasteiger partial charge in [-0.2, -0.15) is 0 Å². The molecular formula is C16H20F2N4O4. The van der Waals surface area contributed by atoms with Gasteiger partial charge >= 0.3 is 6.09 Å². The smallest absolute Gasteiger partial charge is 0.414 e. The van der Waals surface area contributed by atoms with Gasteiger partial charge in [0.25, 0.3) is 0 Å². The first kappa shape index (κ1) is 18.3. The van der Waals surface area contributed by atoms with Crippen LogP contribution in [0.5, 0.6) is 0 Å². The zero-order valence-electron chi connectivity index (χ0n) is 14.3. The topological polar surface area (TPSA) is 88.3 Å². The molecule has 2 amide bonds. The molecule has 0 aromatic heterocycles. The molecule has 8 nitrogen and oxygen atoms in total. The van der Waals surface area contributed by atoms with Crippen LogP contribution in [-0.2, 0) is 14.4 Å². The first-order valence-corrected chi connectivity index (χ1v) is 8.24. The summed E-state index contributed by atoms with van der Waals surface area (Å²) >= 11 is 0. The lowest BCUT2D eigenvalue weighted by molar-refractivity contribution is -0.179. The third-order valence-electron chi connectivity index (χ3n) is 4.30. The molecule has 1 aromatic carbocycles. The molecule has 2 N–H and O–H groups in total. The minimum atomic E-state index is -0.805. The Hall–Kier alpha value is -2.46. The van der Waals surface area contributed by atoms with Gasteiger partial charge in [0.15, 0.2) is 11.6 Å². The van der Waals surface area contributed by atoms with Crippen LogP contribution in [0.1, 0.15) is 6.92 Å². The van der Waals surface area contributed by atoms with E-state index < -0.39 is 23.8 Å². The van der Waals surface area contributed by atoms with Gasteiger partial charge < -0.3 is 15.4 Å². The van der Waals surface area contributed by atoms with Crippen molar-refractivity contribution in [2.75, 3.05) is 49.1 Å². The van der Waals surface area contributed by atoms with Crippen molar-refractivity contribution in [2.24, 2.45) is 5.73 Å². The van der Waals surface area contributed by atoms with E-state index >= 15 is 0 Å². The highest BCUT2D eigenvalue weighted by molar-refractivity contribution is 5.90. The molecule has 2 aliphatic heterocycles. The van der Waals surface area contributed by atoms with Crippen molar-refractivity contribution in [1.29, 1.82) is 0 Å². The lowest BCUT2D eigenvalue weighted by atomic mass is 10.2. The van der Waals surface area contributed by atoms with Crippen LogP contribution in [0.15, 0.2) is 12.1 Å². The normalized spacial score (nSPS) is 21.0. The minimum Gasteiger partial charge on any atom is -0.443 e. The van der Waals surface area contributed by atoms with Crippen molar-refractivity contribution >= 4 is 23.4 Å². The number of hydrogen-bond donors (Lipinski definition) is 1. The number of halogens is 2. The maximum absolute atomic E-state index is 14.6. The van der Waals surface area contributed by atoms with E-state index in [1.165, 1.54) is 11.8 Å². The van der Waals surface area contributed by atoms with E-state index in [9.17, 15) is 18.4 Å². The largest absolute Gasteiger partial charge is 0.443 e. The highest BCUT2D eigenvalue weighted by Gasteiger charge is 2.33. The lowest BCUT2D eigenvalue weighted by Crippen LogP contribution is -2.33. The molecule has 2 heterocycles. The molecule has 0 aliphatic carbocycles. The van der Waals surface area contributed by atoms with Crippen LogP contribution in [0.4, 0.5) is 25.0 Å². The number of carbonyl (C=O) groups is 2. The van der Waals surface area contributed by atoms with Gasteiger partial charge in [0, 0.05) is 38.7 Å². The van der Waals surface area contributed by atoms with Gasteiger partial charge in [-0.1, -0.05) is 0 Å². The standard InChI is InChI=1S/C16H20F2N4O4/c1-10(23)22-3-2-20(4-5-25-22)15-13(17)6-11(7-14(15)18)21-9-12(8-19)26-16(21)24/h6-7,12H,2-5,8-9,19H2,1H3/t12-/m0/s1. The van der Waals surface area contributed by atoms with E-state index in [2.05, 4.69) is 0 Å². The predicted molar refractivity (Wildman–Crippen MR) is 88.6 cm³/mol. The third-order valence-corrected chi connectivity index (χ3v) is 4.30. The van der Waals surface area contributed by atoms with Gasteiger partial charge in [-0.3, -0.25) is 14.5 Å². The van der Waals surface area contributed by atoms with Gasteiger partial charge in [-0.05, 0) is 0 Å². The number of amides is 2. The average molecular weight is 370 g/mol. The fourth-order valence-corrected chi connectivity index (χ4v) is 2.99. The molecule has 0 spiro atoms. The number of benzene rings is 1. The van der Waals surface area contributed by atoms with Crippen molar-refractivity contribution in [3.05, 3.63) is 23.8 Å². The number of hydrogen-bond acceptors (Lipinski definition) is 6. The Morgan fingerprint density at radius 1 is 1.27 bits per heavy atom. The Morgan fingerprint density at radius 2 is 1.96 bits per heavy atom. The molecule has 2 fully saturated rings. The number of cyclic esters (lactones) is 1. The molecule has 0 saturated carbocycles. The Labute approximate surface area is 149 Å². The summed E-state index contributed by atoms with van der Waals surface area (Å²) in [7, 11) is 0. The molecule has 0 radical (unpaired) electrons. The Balaban J connectivity index is 1.82. The van der Waals surface area contributed by atoms with Crippen LogP contribution in [0, 0.1) is 11.6 Å². The third kappa shape index (κ3) is 3.56. The van der Waals surface area contributed by atoms with Crippen LogP contribution in [0.25, 0.3) is 0 Å². The first-order chi connectivity index (χ1) is 12.4. The Kier molecular flexibility index (Phi) is 5.23. The molecule has 1 aromatic rings. The molecule has 10 heteroatoms. The molecule has 0 unspecified atom stereocenters. The van der Waals surface area contributed by atoms with Gasteiger partial charge in [-0.25, -0.2) is 18.6 Å². The second-order valence-corrected chi connectivity index (χ2v) is 6.05. The fourth-order valence-electron chi connectivity index (χ4n) is 2.99. The summed E-state index contributed by atoms with van der Waals surface area (Å²) in [4.78, 5) is 31.1. The van der Waals surface area contributed by atoms with Crippen LogP contribution in [0.2, 0.25) is 0 Å². The minimum absolute atomic E-state index is 0.0705. The van der Waals surface area contributed by atoms with Crippen LogP contribution in [0.3, 0.4) is 0 Å².